The molecule has 0 fully saturated rings. The van der Waals surface area contributed by atoms with Gasteiger partial charge in [-0.25, -0.2) is 4.98 Å². The Morgan fingerprint density at radius 3 is 2.65 bits per heavy atom. The lowest BCUT2D eigenvalue weighted by Crippen LogP contribution is -2.49. The zero-order chi connectivity index (χ0) is 28.9. The van der Waals surface area contributed by atoms with Gasteiger partial charge in [0, 0.05) is 12.7 Å². The van der Waals surface area contributed by atoms with Gasteiger partial charge >= 0.3 is 5.97 Å². The molecule has 1 aromatic carbocycles. The van der Waals surface area contributed by atoms with Gasteiger partial charge in [-0.15, -0.1) is 0 Å². The maximum atomic E-state index is 13.4. The van der Waals surface area contributed by atoms with Crippen molar-refractivity contribution >= 4 is 34.7 Å². The molecule has 0 spiro atoms. The summed E-state index contributed by atoms with van der Waals surface area (Å²) in [5, 5.41) is 19.2. The maximum Gasteiger partial charge on any atom is 0.324 e. The number of nitrogens with one attached hydrogen (secondary N) is 3. The number of hydrogen-bond donors (Lipinski definition) is 4. The number of rotatable bonds is 6. The fraction of sp³-hybridized carbons (Fsp3) is 0.345. The Bertz CT molecular complexity index is 1250. The Hall–Kier alpha value is -3.80. The van der Waals surface area contributed by atoms with Crippen LogP contribution in [0.3, 0.4) is 0 Å². The molecule has 2 amide bonds. The smallest absolute Gasteiger partial charge is 0.324 e. The first-order valence-corrected chi connectivity index (χ1v) is 13.9. The van der Waals surface area contributed by atoms with E-state index in [0.29, 0.717) is 17.9 Å². The normalized spacial score (nSPS) is 22.0. The molecule has 10 nitrogen and oxygen atoms in total. The largest absolute Gasteiger partial charge is 0.456 e. The number of fused-ring (bicyclic) bond motifs is 2. The minimum Gasteiger partial charge on any atom is -0.456 e. The maximum absolute atomic E-state index is 13.4. The highest BCUT2D eigenvalue weighted by molar-refractivity contribution is 8.13. The van der Waals surface area contributed by atoms with E-state index in [4.69, 9.17) is 4.74 Å². The van der Waals surface area contributed by atoms with Gasteiger partial charge in [-0.3, -0.25) is 24.5 Å². The Morgan fingerprint density at radius 2 is 1.93 bits per heavy atom. The SMILES string of the molecule is C/C=C1\NC(=O)c2cccc(n2)CNC(=O)C[C@@H](/C=C/CCSC(C)=O)OC(=O)[C@H](Cc2ccccc2)NC1O. The molecular formula is C29H34N4O6S. The first-order chi connectivity index (χ1) is 19.2. The van der Waals surface area contributed by atoms with E-state index < -0.39 is 30.3 Å². The fourth-order valence-corrected chi connectivity index (χ4v) is 4.42. The van der Waals surface area contributed by atoms with Crippen molar-refractivity contribution < 1.29 is 29.0 Å². The molecule has 0 saturated carbocycles. The second-order valence-electron chi connectivity index (χ2n) is 9.04. The van der Waals surface area contributed by atoms with Crippen LogP contribution in [0.25, 0.3) is 0 Å². The van der Waals surface area contributed by atoms with Gasteiger partial charge in [-0.1, -0.05) is 60.3 Å². The number of nitrogens with zero attached hydrogens (tertiary/aromatic N) is 1. The summed E-state index contributed by atoms with van der Waals surface area (Å²) in [7, 11) is 0. The number of cyclic esters (lactones) is 1. The summed E-state index contributed by atoms with van der Waals surface area (Å²) in [6, 6.07) is 13.0. The summed E-state index contributed by atoms with van der Waals surface area (Å²) in [5.41, 5.74) is 1.52. The summed E-state index contributed by atoms with van der Waals surface area (Å²) in [6.07, 6.45) is 3.21. The van der Waals surface area contributed by atoms with Crippen molar-refractivity contribution in [1.82, 2.24) is 20.9 Å². The molecule has 0 aliphatic carbocycles. The minimum absolute atomic E-state index is 0.00617. The van der Waals surface area contributed by atoms with E-state index >= 15 is 0 Å². The third-order valence-corrected chi connectivity index (χ3v) is 6.74. The summed E-state index contributed by atoms with van der Waals surface area (Å²) in [4.78, 5) is 54.6. The standard InChI is InChI=1S/C29H34N4O6S/c1-3-23-27(36)33-25(16-20-10-5-4-6-11-20)29(38)39-22(13-7-8-15-40-19(2)34)17-26(35)30-18-21-12-9-14-24(31-21)28(37)32-23/h3-7,9-14,22,25,27,33,36H,8,15-18H2,1-2H3,(H,30,35)(H,32,37)/b13-7+,23-3-/t22-,25+,27?/m1/s1. The van der Waals surface area contributed by atoms with Crippen LogP contribution in [0.1, 0.15) is 48.4 Å². The topological polar surface area (TPSA) is 147 Å². The second kappa shape index (κ2) is 15.7. The zero-order valence-corrected chi connectivity index (χ0v) is 23.3. The number of hydrogen-bond acceptors (Lipinski definition) is 9. The Labute approximate surface area is 237 Å². The van der Waals surface area contributed by atoms with E-state index in [-0.39, 0.29) is 41.8 Å². The molecule has 1 aliphatic heterocycles. The monoisotopic (exact) mass is 566 g/mol. The van der Waals surface area contributed by atoms with E-state index in [1.165, 1.54) is 30.8 Å². The third kappa shape index (κ3) is 10.1. The fourth-order valence-electron chi connectivity index (χ4n) is 3.88. The van der Waals surface area contributed by atoms with Crippen molar-refractivity contribution in [3.63, 3.8) is 0 Å². The van der Waals surface area contributed by atoms with E-state index in [1.54, 1.807) is 31.2 Å². The first-order valence-electron chi connectivity index (χ1n) is 12.9. The molecule has 3 rings (SSSR count). The predicted octanol–water partition coefficient (Wildman–Crippen LogP) is 2.39. The van der Waals surface area contributed by atoms with E-state index in [0.717, 1.165) is 5.56 Å². The van der Waals surface area contributed by atoms with Gasteiger partial charge in [0.2, 0.25) is 5.91 Å². The number of aliphatic hydroxyl groups is 1. The third-order valence-electron chi connectivity index (χ3n) is 5.89. The van der Waals surface area contributed by atoms with Gasteiger partial charge in [-0.05, 0) is 43.5 Å². The minimum atomic E-state index is -1.41. The van der Waals surface area contributed by atoms with Crippen LogP contribution in [0.5, 0.6) is 0 Å². The summed E-state index contributed by atoms with van der Waals surface area (Å²) in [6.45, 7) is 3.20. The molecule has 2 bridgehead atoms. The zero-order valence-electron chi connectivity index (χ0n) is 22.5. The molecule has 3 atom stereocenters. The molecule has 11 heteroatoms. The molecule has 212 valence electrons. The van der Waals surface area contributed by atoms with Crippen molar-refractivity contribution in [3.05, 3.63) is 89.4 Å². The number of amides is 2. The number of carbonyl (C=O) groups excluding carboxylic acids is 4. The van der Waals surface area contributed by atoms with Crippen LogP contribution in [0.4, 0.5) is 0 Å². The van der Waals surface area contributed by atoms with Crippen LogP contribution in [-0.4, -0.2) is 57.1 Å². The van der Waals surface area contributed by atoms with E-state index in [1.807, 2.05) is 30.3 Å². The number of esters is 1. The van der Waals surface area contributed by atoms with Crippen LogP contribution in [0.2, 0.25) is 0 Å². The molecule has 2 aromatic rings. The Kier molecular flexibility index (Phi) is 12.1. The molecule has 2 heterocycles. The molecule has 1 aromatic heterocycles. The highest BCUT2D eigenvalue weighted by atomic mass is 32.2. The van der Waals surface area contributed by atoms with Gasteiger partial charge in [0.1, 0.15) is 24.1 Å². The number of pyridine rings is 1. The van der Waals surface area contributed by atoms with Crippen molar-refractivity contribution in [1.29, 1.82) is 0 Å². The van der Waals surface area contributed by atoms with Gasteiger partial charge in [-0.2, -0.15) is 0 Å². The average Bonchev–Trinajstić information content (AvgIpc) is 2.94. The molecule has 4 N–H and O–H groups in total. The number of benzene rings is 1. The highest BCUT2D eigenvalue weighted by Crippen LogP contribution is 2.13. The van der Waals surface area contributed by atoms with Gasteiger partial charge < -0.3 is 20.5 Å². The molecular weight excluding hydrogens is 532 g/mol. The summed E-state index contributed by atoms with van der Waals surface area (Å²) < 4.78 is 5.76. The number of aliphatic hydroxyl groups excluding tert-OH is 1. The van der Waals surface area contributed by atoms with Gasteiger partial charge in [0.05, 0.1) is 24.4 Å². The van der Waals surface area contributed by atoms with Crippen molar-refractivity contribution in [2.45, 2.75) is 58.0 Å². The molecule has 40 heavy (non-hydrogen) atoms. The van der Waals surface area contributed by atoms with E-state index in [9.17, 15) is 24.3 Å². The van der Waals surface area contributed by atoms with Crippen LogP contribution in [0.15, 0.2) is 72.5 Å². The van der Waals surface area contributed by atoms with E-state index in [2.05, 4.69) is 20.9 Å². The van der Waals surface area contributed by atoms with Crippen molar-refractivity contribution in [3.8, 4) is 0 Å². The van der Waals surface area contributed by atoms with Crippen LogP contribution in [-0.2, 0) is 32.1 Å². The van der Waals surface area contributed by atoms with Crippen molar-refractivity contribution in [2.75, 3.05) is 5.75 Å². The lowest BCUT2D eigenvalue weighted by atomic mass is 10.1. The second-order valence-corrected chi connectivity index (χ2v) is 10.3. The lowest BCUT2D eigenvalue weighted by molar-refractivity contribution is -0.151. The van der Waals surface area contributed by atoms with Crippen molar-refractivity contribution in [2.24, 2.45) is 0 Å². The quantitative estimate of drug-likeness (QED) is 0.235. The van der Waals surface area contributed by atoms with Crippen LogP contribution in [0, 0.1) is 0 Å². The number of allylic oxidation sites excluding steroid dienone is 2. The molecule has 0 saturated heterocycles. The number of aromatic nitrogens is 1. The average molecular weight is 567 g/mol. The highest BCUT2D eigenvalue weighted by Gasteiger charge is 2.28. The van der Waals surface area contributed by atoms with Gasteiger partial charge in [0.15, 0.2) is 5.12 Å². The van der Waals surface area contributed by atoms with Gasteiger partial charge in [0.25, 0.3) is 5.91 Å². The predicted molar refractivity (Wildman–Crippen MR) is 152 cm³/mol. The first kappa shape index (κ1) is 30.7. The van der Waals surface area contributed by atoms with Crippen LogP contribution < -0.4 is 16.0 Å². The lowest BCUT2D eigenvalue weighted by Gasteiger charge is -2.25. The Morgan fingerprint density at radius 1 is 1.15 bits per heavy atom. The number of thioether (sulfide) groups is 1. The summed E-state index contributed by atoms with van der Waals surface area (Å²) in [5.74, 6) is -1.05. The van der Waals surface area contributed by atoms with Crippen LogP contribution >= 0.6 is 11.8 Å². The summed E-state index contributed by atoms with van der Waals surface area (Å²) >= 11 is 1.18. The number of ether oxygens (including phenoxy) is 1. The Balaban J connectivity index is 1.90. The number of carbonyl (C=O) groups is 4. The molecule has 1 unspecified atom stereocenters. The molecule has 0 radical (unpaired) electrons. The molecule has 1 aliphatic rings.